The first-order chi connectivity index (χ1) is 9.65. The van der Waals surface area contributed by atoms with E-state index < -0.39 is 0 Å². The normalized spacial score (nSPS) is 12.6. The predicted molar refractivity (Wildman–Crippen MR) is 83.5 cm³/mol. The standard InChI is InChI=1S/C16H16BrNO2/c1-10-6-11(2)15(13(17)7-10)18-8-12-4-3-5-14-16(12)20-9-19-14/h3-7,18H,8-9H2,1-2H3. The largest absolute Gasteiger partial charge is 0.454 e. The molecule has 1 N–H and O–H groups in total. The molecule has 3 nitrogen and oxygen atoms in total. The van der Waals surface area contributed by atoms with Crippen LogP contribution in [0.1, 0.15) is 16.7 Å². The number of hydrogen-bond donors (Lipinski definition) is 1. The summed E-state index contributed by atoms with van der Waals surface area (Å²) >= 11 is 3.62. The zero-order valence-electron chi connectivity index (χ0n) is 11.5. The van der Waals surface area contributed by atoms with Gasteiger partial charge in [-0.25, -0.2) is 0 Å². The number of halogens is 1. The molecule has 104 valence electrons. The van der Waals surface area contributed by atoms with E-state index >= 15 is 0 Å². The van der Waals surface area contributed by atoms with Crippen molar-refractivity contribution in [3.05, 3.63) is 51.5 Å². The third-order valence-electron chi connectivity index (χ3n) is 3.37. The Bertz CT molecular complexity index is 632. The summed E-state index contributed by atoms with van der Waals surface area (Å²) in [7, 11) is 0. The van der Waals surface area contributed by atoms with Gasteiger partial charge in [0, 0.05) is 16.6 Å². The lowest BCUT2D eigenvalue weighted by molar-refractivity contribution is 0.173. The summed E-state index contributed by atoms with van der Waals surface area (Å²) in [4.78, 5) is 0. The fourth-order valence-electron chi connectivity index (χ4n) is 2.45. The molecule has 0 fully saturated rings. The van der Waals surface area contributed by atoms with Crippen LogP contribution in [0.15, 0.2) is 34.8 Å². The number of ether oxygens (including phenoxy) is 2. The summed E-state index contributed by atoms with van der Waals surface area (Å²) in [5.41, 5.74) is 4.69. The van der Waals surface area contributed by atoms with E-state index in [0.717, 1.165) is 27.2 Å². The zero-order chi connectivity index (χ0) is 14.1. The molecular formula is C16H16BrNO2. The van der Waals surface area contributed by atoms with Crippen molar-refractivity contribution in [2.24, 2.45) is 0 Å². The molecule has 0 atom stereocenters. The van der Waals surface area contributed by atoms with Crippen LogP contribution in [0.2, 0.25) is 0 Å². The number of aryl methyl sites for hydroxylation is 2. The van der Waals surface area contributed by atoms with Gasteiger partial charge in [0.1, 0.15) is 0 Å². The first-order valence-corrected chi connectivity index (χ1v) is 7.32. The highest BCUT2D eigenvalue weighted by Crippen LogP contribution is 2.36. The van der Waals surface area contributed by atoms with Gasteiger partial charge in [-0.05, 0) is 53.0 Å². The Morgan fingerprint density at radius 2 is 2.05 bits per heavy atom. The van der Waals surface area contributed by atoms with Crippen LogP contribution in [0.25, 0.3) is 0 Å². The van der Waals surface area contributed by atoms with Crippen LogP contribution in [0, 0.1) is 13.8 Å². The van der Waals surface area contributed by atoms with Gasteiger partial charge in [-0.15, -0.1) is 0 Å². The molecule has 0 unspecified atom stereocenters. The van der Waals surface area contributed by atoms with Gasteiger partial charge in [-0.1, -0.05) is 18.2 Å². The molecule has 0 saturated carbocycles. The summed E-state index contributed by atoms with van der Waals surface area (Å²) in [5.74, 6) is 1.67. The molecule has 2 aromatic carbocycles. The van der Waals surface area contributed by atoms with Crippen LogP contribution in [0.3, 0.4) is 0 Å². The van der Waals surface area contributed by atoms with Gasteiger partial charge in [0.15, 0.2) is 11.5 Å². The maximum absolute atomic E-state index is 5.52. The molecule has 1 heterocycles. The second-order valence-corrected chi connectivity index (χ2v) is 5.80. The average molecular weight is 334 g/mol. The molecule has 0 bridgehead atoms. The van der Waals surface area contributed by atoms with Crippen molar-refractivity contribution in [3.63, 3.8) is 0 Å². The highest BCUT2D eigenvalue weighted by molar-refractivity contribution is 9.10. The fraction of sp³-hybridized carbons (Fsp3) is 0.250. The Kier molecular flexibility index (Phi) is 3.57. The van der Waals surface area contributed by atoms with Crippen LogP contribution < -0.4 is 14.8 Å². The SMILES string of the molecule is Cc1cc(C)c(NCc2cccc3c2OCO3)c(Br)c1. The molecule has 1 aliphatic heterocycles. The van der Waals surface area contributed by atoms with Crippen molar-refractivity contribution >= 4 is 21.6 Å². The molecular weight excluding hydrogens is 318 g/mol. The monoisotopic (exact) mass is 333 g/mol. The fourth-order valence-corrected chi connectivity index (χ4v) is 3.27. The van der Waals surface area contributed by atoms with Crippen LogP contribution in [-0.2, 0) is 6.54 Å². The van der Waals surface area contributed by atoms with Gasteiger partial charge in [0.25, 0.3) is 0 Å². The van der Waals surface area contributed by atoms with Gasteiger partial charge < -0.3 is 14.8 Å². The summed E-state index contributed by atoms with van der Waals surface area (Å²) in [6.45, 7) is 5.21. The third kappa shape index (κ3) is 2.48. The second kappa shape index (κ2) is 5.37. The maximum atomic E-state index is 5.52. The van der Waals surface area contributed by atoms with Crippen molar-refractivity contribution in [3.8, 4) is 11.5 Å². The molecule has 4 heteroatoms. The number of anilines is 1. The Labute approximate surface area is 127 Å². The predicted octanol–water partition coefficient (Wildman–Crippen LogP) is 4.41. The highest BCUT2D eigenvalue weighted by Gasteiger charge is 2.17. The Morgan fingerprint density at radius 1 is 1.20 bits per heavy atom. The van der Waals surface area contributed by atoms with E-state index in [9.17, 15) is 0 Å². The van der Waals surface area contributed by atoms with Gasteiger partial charge >= 0.3 is 0 Å². The van der Waals surface area contributed by atoms with Crippen molar-refractivity contribution in [1.29, 1.82) is 0 Å². The molecule has 2 aromatic rings. The van der Waals surface area contributed by atoms with Crippen molar-refractivity contribution in [2.45, 2.75) is 20.4 Å². The minimum atomic E-state index is 0.305. The van der Waals surface area contributed by atoms with E-state index in [0.29, 0.717) is 13.3 Å². The first-order valence-electron chi connectivity index (χ1n) is 6.53. The first kappa shape index (κ1) is 13.3. The van der Waals surface area contributed by atoms with E-state index in [1.54, 1.807) is 0 Å². The Morgan fingerprint density at radius 3 is 2.85 bits per heavy atom. The molecule has 1 aliphatic rings. The minimum Gasteiger partial charge on any atom is -0.454 e. The summed E-state index contributed by atoms with van der Waals surface area (Å²) in [5, 5.41) is 3.47. The van der Waals surface area contributed by atoms with Gasteiger partial charge in [-0.2, -0.15) is 0 Å². The lowest BCUT2D eigenvalue weighted by Gasteiger charge is -2.14. The Hall–Kier alpha value is -1.68. The molecule has 0 radical (unpaired) electrons. The number of benzene rings is 2. The molecule has 3 rings (SSSR count). The maximum Gasteiger partial charge on any atom is 0.231 e. The van der Waals surface area contributed by atoms with Crippen molar-refractivity contribution in [2.75, 3.05) is 12.1 Å². The second-order valence-electron chi connectivity index (χ2n) is 4.94. The van der Waals surface area contributed by atoms with E-state index in [4.69, 9.17) is 9.47 Å². The topological polar surface area (TPSA) is 30.5 Å². The van der Waals surface area contributed by atoms with Crippen molar-refractivity contribution < 1.29 is 9.47 Å². The van der Waals surface area contributed by atoms with Crippen LogP contribution in [0.4, 0.5) is 5.69 Å². The molecule has 0 aromatic heterocycles. The van der Waals surface area contributed by atoms with Gasteiger partial charge in [0.05, 0.1) is 5.69 Å². The molecule has 0 amide bonds. The minimum absolute atomic E-state index is 0.305. The average Bonchev–Trinajstić information content (AvgIpc) is 2.86. The van der Waals surface area contributed by atoms with Crippen LogP contribution in [0.5, 0.6) is 11.5 Å². The van der Waals surface area contributed by atoms with E-state index in [1.807, 2.05) is 12.1 Å². The molecule has 0 spiro atoms. The Balaban J connectivity index is 1.83. The molecule has 0 aliphatic carbocycles. The van der Waals surface area contributed by atoms with Gasteiger partial charge in [-0.3, -0.25) is 0 Å². The summed E-state index contributed by atoms with van der Waals surface area (Å²) in [6, 6.07) is 10.3. The smallest absolute Gasteiger partial charge is 0.231 e. The summed E-state index contributed by atoms with van der Waals surface area (Å²) < 4.78 is 12.0. The van der Waals surface area contributed by atoms with Crippen LogP contribution in [-0.4, -0.2) is 6.79 Å². The van der Waals surface area contributed by atoms with E-state index in [2.05, 4.69) is 53.3 Å². The number of nitrogens with one attached hydrogen (secondary N) is 1. The number of rotatable bonds is 3. The quantitative estimate of drug-likeness (QED) is 0.902. The lowest BCUT2D eigenvalue weighted by Crippen LogP contribution is -2.03. The zero-order valence-corrected chi connectivity index (χ0v) is 13.1. The molecule has 20 heavy (non-hydrogen) atoms. The number of hydrogen-bond acceptors (Lipinski definition) is 3. The van der Waals surface area contributed by atoms with E-state index in [1.165, 1.54) is 11.1 Å². The van der Waals surface area contributed by atoms with Gasteiger partial charge in [0.2, 0.25) is 6.79 Å². The van der Waals surface area contributed by atoms with Crippen molar-refractivity contribution in [1.82, 2.24) is 0 Å². The van der Waals surface area contributed by atoms with E-state index in [-0.39, 0.29) is 0 Å². The number of fused-ring (bicyclic) bond motifs is 1. The highest BCUT2D eigenvalue weighted by atomic mass is 79.9. The number of para-hydroxylation sites is 1. The third-order valence-corrected chi connectivity index (χ3v) is 3.99. The van der Waals surface area contributed by atoms with Crippen LogP contribution >= 0.6 is 15.9 Å². The summed E-state index contributed by atoms with van der Waals surface area (Å²) in [6.07, 6.45) is 0. The molecule has 0 saturated heterocycles. The lowest BCUT2D eigenvalue weighted by atomic mass is 10.1.